The van der Waals surface area contributed by atoms with Crippen LogP contribution in [-0.2, 0) is 5.41 Å². The van der Waals surface area contributed by atoms with Gasteiger partial charge in [-0.1, -0.05) is 26.7 Å². The number of aromatic hydroxyl groups is 1. The number of benzene rings is 1. The molecule has 0 spiro atoms. The first kappa shape index (κ1) is 14.6. The first-order chi connectivity index (χ1) is 10.1. The molecule has 0 bridgehead atoms. The highest BCUT2D eigenvalue weighted by Gasteiger charge is 2.51. The summed E-state index contributed by atoms with van der Waals surface area (Å²) in [7, 11) is 3.25. The molecule has 0 aromatic heterocycles. The lowest BCUT2D eigenvalue weighted by Crippen LogP contribution is -2.33. The SMILES string of the molecule is CC[C@H]1c2cc(OC)c(O)c(OC)c2[C@]2(C)CCCC[C@H]12. The van der Waals surface area contributed by atoms with Gasteiger partial charge in [0.2, 0.25) is 5.75 Å². The van der Waals surface area contributed by atoms with Crippen molar-refractivity contribution in [3.8, 4) is 17.2 Å². The Balaban J connectivity index is 2.27. The second kappa shape index (κ2) is 5.11. The average molecular weight is 290 g/mol. The molecule has 0 aliphatic heterocycles. The largest absolute Gasteiger partial charge is 0.502 e. The molecule has 3 atom stereocenters. The lowest BCUT2D eigenvalue weighted by atomic mass is 9.65. The summed E-state index contributed by atoms with van der Waals surface area (Å²) in [5, 5.41) is 10.5. The molecule has 0 unspecified atom stereocenters. The van der Waals surface area contributed by atoms with Crippen LogP contribution in [0.2, 0.25) is 0 Å². The minimum Gasteiger partial charge on any atom is -0.502 e. The van der Waals surface area contributed by atoms with Gasteiger partial charge >= 0.3 is 0 Å². The van der Waals surface area contributed by atoms with Crippen LogP contribution in [0.5, 0.6) is 17.2 Å². The van der Waals surface area contributed by atoms with Crippen LogP contribution < -0.4 is 9.47 Å². The van der Waals surface area contributed by atoms with Gasteiger partial charge in [-0.2, -0.15) is 0 Å². The molecule has 1 aromatic rings. The molecule has 1 N–H and O–H groups in total. The number of hydrogen-bond donors (Lipinski definition) is 1. The van der Waals surface area contributed by atoms with Crippen LogP contribution in [0, 0.1) is 5.92 Å². The molecule has 116 valence electrons. The van der Waals surface area contributed by atoms with Crippen molar-refractivity contribution < 1.29 is 14.6 Å². The van der Waals surface area contributed by atoms with Crippen LogP contribution in [-0.4, -0.2) is 19.3 Å². The van der Waals surface area contributed by atoms with E-state index in [-0.39, 0.29) is 11.2 Å². The second-order valence-electron chi connectivity index (χ2n) is 6.71. The number of methoxy groups -OCH3 is 2. The van der Waals surface area contributed by atoms with E-state index in [4.69, 9.17) is 9.47 Å². The Kier molecular flexibility index (Phi) is 3.54. The summed E-state index contributed by atoms with van der Waals surface area (Å²) in [5.74, 6) is 2.53. The molecule has 1 aromatic carbocycles. The number of ether oxygens (including phenoxy) is 2. The van der Waals surface area contributed by atoms with Gasteiger partial charge in [-0.25, -0.2) is 0 Å². The van der Waals surface area contributed by atoms with Crippen LogP contribution in [0.1, 0.15) is 63.0 Å². The smallest absolute Gasteiger partial charge is 0.201 e. The maximum Gasteiger partial charge on any atom is 0.201 e. The first-order valence-corrected chi connectivity index (χ1v) is 8.06. The minimum absolute atomic E-state index is 0.128. The third-order valence-corrected chi connectivity index (χ3v) is 5.85. The monoisotopic (exact) mass is 290 g/mol. The molecule has 2 aliphatic rings. The van der Waals surface area contributed by atoms with Crippen molar-refractivity contribution in [3.63, 3.8) is 0 Å². The van der Waals surface area contributed by atoms with Gasteiger partial charge in [0.15, 0.2) is 11.5 Å². The van der Waals surface area contributed by atoms with Gasteiger partial charge in [-0.05, 0) is 48.1 Å². The third-order valence-electron chi connectivity index (χ3n) is 5.85. The molecule has 0 radical (unpaired) electrons. The van der Waals surface area contributed by atoms with Crippen molar-refractivity contribution in [2.45, 2.75) is 57.3 Å². The quantitative estimate of drug-likeness (QED) is 0.898. The lowest BCUT2D eigenvalue weighted by Gasteiger charge is -2.39. The molecule has 2 aliphatic carbocycles. The van der Waals surface area contributed by atoms with E-state index < -0.39 is 0 Å². The fraction of sp³-hybridized carbons (Fsp3) is 0.667. The molecular formula is C18H26O3. The topological polar surface area (TPSA) is 38.7 Å². The zero-order chi connectivity index (χ0) is 15.2. The number of hydrogen-bond acceptors (Lipinski definition) is 3. The highest BCUT2D eigenvalue weighted by atomic mass is 16.5. The molecule has 21 heavy (non-hydrogen) atoms. The van der Waals surface area contributed by atoms with Crippen LogP contribution in [0.25, 0.3) is 0 Å². The average Bonchev–Trinajstić information content (AvgIpc) is 2.75. The summed E-state index contributed by atoms with van der Waals surface area (Å²) < 4.78 is 11.0. The summed E-state index contributed by atoms with van der Waals surface area (Å²) in [6.07, 6.45) is 6.17. The van der Waals surface area contributed by atoms with Crippen molar-refractivity contribution in [1.29, 1.82) is 0 Å². The molecule has 0 amide bonds. The Morgan fingerprint density at radius 3 is 2.67 bits per heavy atom. The standard InChI is InChI=1S/C18H26O3/c1-5-11-12-10-14(20-3)16(19)17(21-4)15(12)18(2)9-7-6-8-13(11)18/h10-11,13,19H,5-9H2,1-4H3/t11-,13+,18+/m0/s1. The normalized spacial score (nSPS) is 30.7. The Morgan fingerprint density at radius 1 is 1.29 bits per heavy atom. The molecule has 1 fully saturated rings. The predicted molar refractivity (Wildman–Crippen MR) is 83.6 cm³/mol. The fourth-order valence-electron chi connectivity index (χ4n) is 4.92. The molecular weight excluding hydrogens is 264 g/mol. The summed E-state index contributed by atoms with van der Waals surface area (Å²) in [5.41, 5.74) is 2.70. The highest BCUT2D eigenvalue weighted by Crippen LogP contribution is 2.63. The van der Waals surface area contributed by atoms with Crippen molar-refractivity contribution in [1.82, 2.24) is 0 Å². The molecule has 3 nitrogen and oxygen atoms in total. The van der Waals surface area contributed by atoms with Gasteiger partial charge in [0, 0.05) is 5.56 Å². The van der Waals surface area contributed by atoms with E-state index in [1.54, 1.807) is 14.2 Å². The predicted octanol–water partition coefficient (Wildman–Crippen LogP) is 4.36. The van der Waals surface area contributed by atoms with Crippen molar-refractivity contribution >= 4 is 0 Å². The van der Waals surface area contributed by atoms with E-state index in [0.717, 1.165) is 6.42 Å². The molecule has 1 saturated carbocycles. The van der Waals surface area contributed by atoms with E-state index >= 15 is 0 Å². The highest BCUT2D eigenvalue weighted by molar-refractivity contribution is 5.64. The molecule has 0 heterocycles. The summed E-state index contributed by atoms with van der Waals surface area (Å²) >= 11 is 0. The first-order valence-electron chi connectivity index (χ1n) is 8.06. The van der Waals surface area contributed by atoms with Gasteiger partial charge < -0.3 is 14.6 Å². The molecule has 0 saturated heterocycles. The van der Waals surface area contributed by atoms with Crippen LogP contribution in [0.15, 0.2) is 6.07 Å². The van der Waals surface area contributed by atoms with E-state index in [9.17, 15) is 5.11 Å². The van der Waals surface area contributed by atoms with Crippen LogP contribution >= 0.6 is 0 Å². The zero-order valence-corrected chi connectivity index (χ0v) is 13.5. The number of rotatable bonds is 3. The van der Waals surface area contributed by atoms with E-state index in [2.05, 4.69) is 13.8 Å². The van der Waals surface area contributed by atoms with Crippen LogP contribution in [0.3, 0.4) is 0 Å². The van der Waals surface area contributed by atoms with Gasteiger partial charge in [0.05, 0.1) is 14.2 Å². The van der Waals surface area contributed by atoms with Gasteiger partial charge in [-0.3, -0.25) is 0 Å². The van der Waals surface area contributed by atoms with Crippen LogP contribution in [0.4, 0.5) is 0 Å². The van der Waals surface area contributed by atoms with Crippen molar-refractivity contribution in [2.75, 3.05) is 14.2 Å². The maximum absolute atomic E-state index is 10.5. The Bertz CT molecular complexity index is 552. The fourth-order valence-corrected chi connectivity index (χ4v) is 4.92. The van der Waals surface area contributed by atoms with E-state index in [1.165, 1.54) is 36.8 Å². The van der Waals surface area contributed by atoms with Crippen molar-refractivity contribution in [3.05, 3.63) is 17.2 Å². The zero-order valence-electron chi connectivity index (χ0n) is 13.5. The maximum atomic E-state index is 10.5. The summed E-state index contributed by atoms with van der Waals surface area (Å²) in [6.45, 7) is 4.63. The Hall–Kier alpha value is -1.38. The molecule has 3 rings (SSSR count). The second-order valence-corrected chi connectivity index (χ2v) is 6.71. The van der Waals surface area contributed by atoms with Gasteiger partial charge in [-0.15, -0.1) is 0 Å². The Morgan fingerprint density at radius 2 is 2.05 bits per heavy atom. The summed E-state index contributed by atoms with van der Waals surface area (Å²) in [4.78, 5) is 0. The van der Waals surface area contributed by atoms with E-state index in [1.807, 2.05) is 6.07 Å². The van der Waals surface area contributed by atoms with E-state index in [0.29, 0.717) is 23.3 Å². The van der Waals surface area contributed by atoms with Gasteiger partial charge in [0.1, 0.15) is 0 Å². The molecule has 3 heteroatoms. The lowest BCUT2D eigenvalue weighted by molar-refractivity contribution is 0.191. The Labute approximate surface area is 127 Å². The third kappa shape index (κ3) is 1.86. The summed E-state index contributed by atoms with van der Waals surface area (Å²) in [6, 6.07) is 2.05. The minimum atomic E-state index is 0.128. The van der Waals surface area contributed by atoms with Gasteiger partial charge in [0.25, 0.3) is 0 Å². The number of phenolic OH excluding ortho intramolecular Hbond substituents is 1. The van der Waals surface area contributed by atoms with Crippen molar-refractivity contribution in [2.24, 2.45) is 5.92 Å². The number of fused-ring (bicyclic) bond motifs is 3. The number of phenols is 1.